The molecule has 1 aliphatic heterocycles. The molecule has 1 fully saturated rings. The molecule has 0 saturated carbocycles. The van der Waals surface area contributed by atoms with Crippen molar-refractivity contribution in [3.8, 4) is 17.8 Å². The van der Waals surface area contributed by atoms with E-state index in [9.17, 15) is 4.79 Å². The lowest BCUT2D eigenvalue weighted by molar-refractivity contribution is 0.203. The average molecular weight is 297 g/mol. The Morgan fingerprint density at radius 2 is 2.00 bits per heavy atom. The van der Waals surface area contributed by atoms with E-state index in [0.717, 1.165) is 10.8 Å². The Hall–Kier alpha value is -2.94. The number of fused-ring (bicyclic) bond motifs is 1. The predicted molar refractivity (Wildman–Crippen MR) is 80.7 cm³/mol. The van der Waals surface area contributed by atoms with Crippen LogP contribution in [-0.2, 0) is 0 Å². The van der Waals surface area contributed by atoms with Gasteiger partial charge in [0.05, 0.1) is 11.9 Å². The summed E-state index contributed by atoms with van der Waals surface area (Å²) in [5, 5.41) is 13.2. The fraction of sp³-hybridized carbons (Fsp3) is 0.250. The Bertz CT molecular complexity index is 734. The molecule has 2 aromatic rings. The van der Waals surface area contributed by atoms with Gasteiger partial charge in [0, 0.05) is 13.1 Å². The second-order valence-electron chi connectivity index (χ2n) is 4.87. The van der Waals surface area contributed by atoms with Crippen LogP contribution in [0.5, 0.6) is 11.5 Å². The summed E-state index contributed by atoms with van der Waals surface area (Å²) in [6.45, 7) is 2.27. The summed E-state index contributed by atoms with van der Waals surface area (Å²) in [4.78, 5) is 13.2. The molecular weight excluding hydrogens is 282 g/mol. The summed E-state index contributed by atoms with van der Waals surface area (Å²) in [5.74, 6) is 1.11. The van der Waals surface area contributed by atoms with Crippen molar-refractivity contribution in [1.82, 2.24) is 10.2 Å². The van der Waals surface area contributed by atoms with E-state index in [2.05, 4.69) is 5.32 Å². The molecule has 0 aliphatic carbocycles. The highest BCUT2D eigenvalue weighted by atomic mass is 16.5. The van der Waals surface area contributed by atoms with Crippen molar-refractivity contribution < 1.29 is 14.3 Å². The van der Waals surface area contributed by atoms with Crippen LogP contribution in [0, 0.1) is 11.5 Å². The molecule has 22 heavy (non-hydrogen) atoms. The van der Waals surface area contributed by atoms with Crippen molar-refractivity contribution in [2.75, 3.05) is 26.2 Å². The first-order valence-electron chi connectivity index (χ1n) is 7.03. The van der Waals surface area contributed by atoms with Crippen molar-refractivity contribution in [1.29, 1.82) is 5.26 Å². The molecule has 0 spiro atoms. The van der Waals surface area contributed by atoms with Gasteiger partial charge in [-0.05, 0) is 17.5 Å². The fourth-order valence-corrected chi connectivity index (χ4v) is 2.52. The minimum Gasteiger partial charge on any atom is -0.491 e. The maximum absolute atomic E-state index is 11.5. The Kier molecular flexibility index (Phi) is 3.97. The van der Waals surface area contributed by atoms with Crippen LogP contribution in [-0.4, -0.2) is 37.2 Å². The maximum atomic E-state index is 11.5. The quantitative estimate of drug-likeness (QED) is 0.858. The number of carbonyl (C=O) groups is 1. The Morgan fingerprint density at radius 1 is 1.23 bits per heavy atom. The molecule has 0 aromatic heterocycles. The van der Waals surface area contributed by atoms with Gasteiger partial charge in [-0.3, -0.25) is 0 Å². The summed E-state index contributed by atoms with van der Waals surface area (Å²) in [5.41, 5.74) is 0. The van der Waals surface area contributed by atoms with Crippen LogP contribution in [0.15, 0.2) is 36.4 Å². The van der Waals surface area contributed by atoms with Crippen LogP contribution in [0.3, 0.4) is 0 Å². The Balaban J connectivity index is 1.78. The SMILES string of the molecule is N#COc1cccc2cccc(OCCN3CCNC3=O)c12. The number of amides is 2. The third-order valence-electron chi connectivity index (χ3n) is 3.55. The monoisotopic (exact) mass is 297 g/mol. The number of nitrogens with zero attached hydrogens (tertiary/aromatic N) is 2. The summed E-state index contributed by atoms with van der Waals surface area (Å²) >= 11 is 0. The minimum absolute atomic E-state index is 0.0602. The smallest absolute Gasteiger partial charge is 0.317 e. The molecule has 0 atom stereocenters. The van der Waals surface area contributed by atoms with E-state index in [1.807, 2.05) is 30.3 Å². The lowest BCUT2D eigenvalue weighted by Crippen LogP contribution is -2.31. The fourth-order valence-electron chi connectivity index (χ4n) is 2.52. The van der Waals surface area contributed by atoms with E-state index in [-0.39, 0.29) is 6.03 Å². The van der Waals surface area contributed by atoms with Gasteiger partial charge in [0.25, 0.3) is 6.26 Å². The molecule has 0 bridgehead atoms. The molecule has 112 valence electrons. The zero-order valence-corrected chi connectivity index (χ0v) is 11.9. The molecule has 6 heteroatoms. The zero-order valence-electron chi connectivity index (χ0n) is 11.9. The summed E-state index contributed by atoms with van der Waals surface area (Å²) < 4.78 is 10.8. The predicted octanol–water partition coefficient (Wildman–Crippen LogP) is 2.10. The van der Waals surface area contributed by atoms with Gasteiger partial charge in [-0.2, -0.15) is 0 Å². The third-order valence-corrected chi connectivity index (χ3v) is 3.55. The Morgan fingerprint density at radius 3 is 2.68 bits per heavy atom. The van der Waals surface area contributed by atoms with Crippen LogP contribution < -0.4 is 14.8 Å². The van der Waals surface area contributed by atoms with Gasteiger partial charge in [-0.1, -0.05) is 24.3 Å². The first-order valence-corrected chi connectivity index (χ1v) is 7.03. The standard InChI is InChI=1S/C16H15N3O3/c17-11-22-14-6-2-4-12-3-1-5-13(15(12)14)21-10-9-19-8-7-18-16(19)20/h1-6H,7-10H2,(H,18,20). The van der Waals surface area contributed by atoms with Crippen LogP contribution in [0.25, 0.3) is 10.8 Å². The van der Waals surface area contributed by atoms with Gasteiger partial charge >= 0.3 is 6.03 Å². The van der Waals surface area contributed by atoms with E-state index in [1.54, 1.807) is 17.2 Å². The van der Waals surface area contributed by atoms with Crippen LogP contribution >= 0.6 is 0 Å². The third kappa shape index (κ3) is 2.74. The number of rotatable bonds is 5. The highest BCUT2D eigenvalue weighted by Crippen LogP contribution is 2.33. The molecule has 0 unspecified atom stereocenters. The number of ether oxygens (including phenoxy) is 2. The first kappa shape index (κ1) is 14.0. The van der Waals surface area contributed by atoms with E-state index < -0.39 is 0 Å². The van der Waals surface area contributed by atoms with Crippen LogP contribution in [0.1, 0.15) is 0 Å². The largest absolute Gasteiger partial charge is 0.491 e. The topological polar surface area (TPSA) is 74.6 Å². The van der Waals surface area contributed by atoms with Crippen LogP contribution in [0.4, 0.5) is 4.79 Å². The number of benzene rings is 2. The number of urea groups is 1. The van der Waals surface area contributed by atoms with Gasteiger partial charge in [0.2, 0.25) is 0 Å². The molecule has 2 aromatic carbocycles. The molecule has 2 amide bonds. The van der Waals surface area contributed by atoms with Crippen molar-refractivity contribution in [2.24, 2.45) is 0 Å². The second kappa shape index (κ2) is 6.22. The molecular formula is C16H15N3O3. The molecule has 1 aliphatic rings. The van der Waals surface area contributed by atoms with Gasteiger partial charge < -0.3 is 19.7 Å². The molecule has 3 rings (SSSR count). The van der Waals surface area contributed by atoms with Gasteiger partial charge in [-0.25, -0.2) is 4.79 Å². The van der Waals surface area contributed by atoms with Crippen molar-refractivity contribution in [2.45, 2.75) is 0 Å². The first-order chi connectivity index (χ1) is 10.8. The van der Waals surface area contributed by atoms with Crippen LogP contribution in [0.2, 0.25) is 0 Å². The second-order valence-corrected chi connectivity index (χ2v) is 4.87. The summed E-state index contributed by atoms with van der Waals surface area (Å²) in [6.07, 6.45) is 1.69. The van der Waals surface area contributed by atoms with E-state index in [4.69, 9.17) is 14.7 Å². The molecule has 0 radical (unpaired) electrons. The average Bonchev–Trinajstić information content (AvgIpc) is 2.93. The highest BCUT2D eigenvalue weighted by Gasteiger charge is 2.19. The molecule has 1 saturated heterocycles. The minimum atomic E-state index is -0.0602. The molecule has 6 nitrogen and oxygen atoms in total. The summed E-state index contributed by atoms with van der Waals surface area (Å²) in [7, 11) is 0. The number of hydrogen-bond acceptors (Lipinski definition) is 4. The number of nitriles is 1. The van der Waals surface area contributed by atoms with E-state index >= 15 is 0 Å². The lowest BCUT2D eigenvalue weighted by atomic mass is 10.1. The molecule has 1 N–H and O–H groups in total. The summed E-state index contributed by atoms with van der Waals surface area (Å²) in [6, 6.07) is 11.1. The van der Waals surface area contributed by atoms with Crippen molar-refractivity contribution >= 4 is 16.8 Å². The number of carbonyl (C=O) groups excluding carboxylic acids is 1. The molecule has 1 heterocycles. The zero-order chi connectivity index (χ0) is 15.4. The van der Waals surface area contributed by atoms with Gasteiger partial charge in [0.1, 0.15) is 12.4 Å². The van der Waals surface area contributed by atoms with E-state index in [0.29, 0.717) is 37.7 Å². The highest BCUT2D eigenvalue weighted by molar-refractivity contribution is 5.93. The normalized spacial score (nSPS) is 13.8. The number of hydrogen-bond donors (Lipinski definition) is 1. The van der Waals surface area contributed by atoms with Crippen molar-refractivity contribution in [3.63, 3.8) is 0 Å². The Labute approximate surface area is 127 Å². The van der Waals surface area contributed by atoms with Gasteiger partial charge in [0.15, 0.2) is 5.75 Å². The lowest BCUT2D eigenvalue weighted by Gasteiger charge is -2.16. The van der Waals surface area contributed by atoms with Gasteiger partial charge in [-0.15, -0.1) is 5.26 Å². The van der Waals surface area contributed by atoms with Crippen molar-refractivity contribution in [3.05, 3.63) is 36.4 Å². The van der Waals surface area contributed by atoms with E-state index in [1.165, 1.54) is 0 Å². The number of nitrogens with one attached hydrogen (secondary N) is 1. The maximum Gasteiger partial charge on any atom is 0.317 e.